The fourth-order valence-corrected chi connectivity index (χ4v) is 4.62. The lowest BCUT2D eigenvalue weighted by molar-refractivity contribution is -0.127. The number of ether oxygens (including phenoxy) is 1. The maximum Gasteiger partial charge on any atom is 0.414 e. The molecule has 150 valence electrons. The molecule has 4 nitrogen and oxygen atoms in total. The van der Waals surface area contributed by atoms with Gasteiger partial charge in [-0.2, -0.15) is 0 Å². The molecule has 2 saturated carbocycles. The fourth-order valence-electron chi connectivity index (χ4n) is 4.50. The molecule has 2 aromatic rings. The number of benzene rings is 2. The second-order valence-corrected chi connectivity index (χ2v) is 8.93. The lowest BCUT2D eigenvalue weighted by Crippen LogP contribution is -2.43. The quantitative estimate of drug-likeness (QED) is 0.678. The highest BCUT2D eigenvalue weighted by Gasteiger charge is 2.45. The molecule has 1 heterocycles. The Morgan fingerprint density at radius 1 is 1.10 bits per heavy atom. The van der Waals surface area contributed by atoms with Gasteiger partial charge in [-0.15, -0.1) is 0 Å². The zero-order valence-electron chi connectivity index (χ0n) is 16.3. The summed E-state index contributed by atoms with van der Waals surface area (Å²) in [6.45, 7) is 0.649. The van der Waals surface area contributed by atoms with E-state index in [4.69, 9.17) is 16.3 Å². The van der Waals surface area contributed by atoms with E-state index in [-0.39, 0.29) is 18.0 Å². The van der Waals surface area contributed by atoms with Crippen molar-refractivity contribution in [3.05, 3.63) is 64.2 Å². The summed E-state index contributed by atoms with van der Waals surface area (Å²) in [5.41, 5.74) is 3.77. The first kappa shape index (κ1) is 18.7. The van der Waals surface area contributed by atoms with Crippen molar-refractivity contribution < 1.29 is 14.3 Å². The molecule has 3 aliphatic rings. The molecule has 2 aromatic carbocycles. The van der Waals surface area contributed by atoms with Crippen molar-refractivity contribution in [3.8, 4) is 0 Å². The minimum absolute atomic E-state index is 0.106. The Bertz CT molecular complexity index is 961. The zero-order valence-corrected chi connectivity index (χ0v) is 17.1. The van der Waals surface area contributed by atoms with Gasteiger partial charge in [-0.1, -0.05) is 42.3 Å². The normalized spacial score (nSPS) is 19.4. The molecule has 0 spiro atoms. The predicted molar refractivity (Wildman–Crippen MR) is 113 cm³/mol. The van der Waals surface area contributed by atoms with Crippen molar-refractivity contribution >= 4 is 29.2 Å². The third kappa shape index (κ3) is 3.44. The Morgan fingerprint density at radius 3 is 2.52 bits per heavy atom. The third-order valence-electron chi connectivity index (χ3n) is 6.56. The molecule has 0 bridgehead atoms. The molecule has 0 radical (unpaired) electrons. The Labute approximate surface area is 175 Å². The monoisotopic (exact) mass is 409 g/mol. The van der Waals surface area contributed by atoms with Crippen LogP contribution < -0.4 is 4.90 Å². The zero-order chi connectivity index (χ0) is 20.0. The molecule has 1 aliphatic heterocycles. The van der Waals surface area contributed by atoms with Crippen LogP contribution in [0.3, 0.4) is 0 Å². The average molecular weight is 410 g/mol. The minimum atomic E-state index is -0.392. The standard InChI is InChI=1S/C24H24ClNO3/c25-19-5-2-16(3-6-19)14-22(27)24(11-1-12-24)18-4-9-21-17(15-18)10-13-26(21)23(28)29-20-7-8-20/h2-6,9,15,20H,1,7-8,10-14H2. The number of rotatable bonds is 5. The number of hydrogen-bond acceptors (Lipinski definition) is 3. The fraction of sp³-hybridized carbons (Fsp3) is 0.417. The molecule has 29 heavy (non-hydrogen) atoms. The molecular weight excluding hydrogens is 386 g/mol. The summed E-state index contributed by atoms with van der Waals surface area (Å²) in [7, 11) is 0. The van der Waals surface area contributed by atoms with Gasteiger partial charge in [0.15, 0.2) is 0 Å². The summed E-state index contributed by atoms with van der Waals surface area (Å²) in [4.78, 5) is 27.4. The maximum absolute atomic E-state index is 13.3. The number of fused-ring (bicyclic) bond motifs is 1. The Hall–Kier alpha value is -2.33. The van der Waals surface area contributed by atoms with E-state index in [0.717, 1.165) is 60.9 Å². The van der Waals surface area contributed by atoms with Gasteiger partial charge in [0.1, 0.15) is 11.9 Å². The van der Waals surface area contributed by atoms with Crippen LogP contribution in [0.4, 0.5) is 10.5 Å². The number of anilines is 1. The lowest BCUT2D eigenvalue weighted by Gasteiger charge is -2.41. The van der Waals surface area contributed by atoms with Crippen molar-refractivity contribution in [2.45, 2.75) is 56.5 Å². The highest BCUT2D eigenvalue weighted by Crippen LogP contribution is 2.47. The van der Waals surface area contributed by atoms with Gasteiger partial charge < -0.3 is 4.74 Å². The van der Waals surface area contributed by atoms with Gasteiger partial charge in [0.05, 0.1) is 11.1 Å². The Kier molecular flexibility index (Phi) is 4.62. The van der Waals surface area contributed by atoms with E-state index in [0.29, 0.717) is 18.0 Å². The average Bonchev–Trinajstić information content (AvgIpc) is 3.38. The third-order valence-corrected chi connectivity index (χ3v) is 6.81. The molecule has 0 N–H and O–H groups in total. The van der Waals surface area contributed by atoms with Crippen LogP contribution in [0.15, 0.2) is 42.5 Å². The van der Waals surface area contributed by atoms with Gasteiger partial charge in [0.25, 0.3) is 0 Å². The Morgan fingerprint density at radius 2 is 1.86 bits per heavy atom. The number of carbonyl (C=O) groups is 2. The topological polar surface area (TPSA) is 46.6 Å². The number of hydrogen-bond donors (Lipinski definition) is 0. The summed E-state index contributed by atoms with van der Waals surface area (Å²) < 4.78 is 5.47. The van der Waals surface area contributed by atoms with Crippen molar-refractivity contribution in [1.82, 2.24) is 0 Å². The molecular formula is C24H24ClNO3. The van der Waals surface area contributed by atoms with E-state index in [1.54, 1.807) is 4.90 Å². The van der Waals surface area contributed by atoms with E-state index >= 15 is 0 Å². The van der Waals surface area contributed by atoms with Crippen LogP contribution >= 0.6 is 11.6 Å². The molecule has 0 unspecified atom stereocenters. The van der Waals surface area contributed by atoms with Crippen LogP contribution in [0.5, 0.6) is 0 Å². The molecule has 2 fully saturated rings. The molecule has 0 aromatic heterocycles. The van der Waals surface area contributed by atoms with Crippen LogP contribution in [0.2, 0.25) is 5.02 Å². The minimum Gasteiger partial charge on any atom is -0.446 e. The number of nitrogens with zero attached hydrogens (tertiary/aromatic N) is 1. The van der Waals surface area contributed by atoms with E-state index in [2.05, 4.69) is 6.07 Å². The summed E-state index contributed by atoms with van der Waals surface area (Å²) in [5, 5.41) is 0.683. The van der Waals surface area contributed by atoms with Gasteiger partial charge in [-0.3, -0.25) is 9.69 Å². The largest absolute Gasteiger partial charge is 0.446 e. The lowest BCUT2D eigenvalue weighted by atomic mass is 9.61. The van der Waals surface area contributed by atoms with Gasteiger partial charge in [0.2, 0.25) is 0 Å². The van der Waals surface area contributed by atoms with E-state index < -0.39 is 5.41 Å². The molecule has 0 atom stereocenters. The van der Waals surface area contributed by atoms with Crippen LogP contribution in [-0.2, 0) is 27.8 Å². The number of amides is 1. The summed E-state index contributed by atoms with van der Waals surface area (Å²) in [6.07, 6.45) is 5.91. The van der Waals surface area contributed by atoms with E-state index in [1.165, 1.54) is 0 Å². The molecule has 0 saturated heterocycles. The van der Waals surface area contributed by atoms with Gasteiger partial charge >= 0.3 is 6.09 Å². The van der Waals surface area contributed by atoms with Crippen molar-refractivity contribution in [2.24, 2.45) is 0 Å². The highest BCUT2D eigenvalue weighted by atomic mass is 35.5. The molecule has 5 rings (SSSR count). The van der Waals surface area contributed by atoms with E-state index in [1.807, 2.05) is 36.4 Å². The van der Waals surface area contributed by atoms with Crippen molar-refractivity contribution in [1.29, 1.82) is 0 Å². The second-order valence-electron chi connectivity index (χ2n) is 8.49. The summed E-state index contributed by atoms with van der Waals surface area (Å²) in [5.74, 6) is 0.272. The predicted octanol–water partition coefficient (Wildman–Crippen LogP) is 5.24. The number of Topliss-reactive ketones (excluding diaryl/α,β-unsaturated/α-hetero) is 1. The molecule has 5 heteroatoms. The van der Waals surface area contributed by atoms with Crippen LogP contribution in [0.1, 0.15) is 48.8 Å². The first-order valence-corrected chi connectivity index (χ1v) is 10.8. The van der Waals surface area contributed by atoms with Crippen LogP contribution in [-0.4, -0.2) is 24.5 Å². The number of halogens is 1. The first-order valence-electron chi connectivity index (χ1n) is 10.4. The van der Waals surface area contributed by atoms with Crippen molar-refractivity contribution in [2.75, 3.05) is 11.4 Å². The second kappa shape index (κ2) is 7.17. The molecule has 1 amide bonds. The van der Waals surface area contributed by atoms with Crippen LogP contribution in [0, 0.1) is 0 Å². The van der Waals surface area contributed by atoms with Crippen LogP contribution in [0.25, 0.3) is 0 Å². The number of carbonyl (C=O) groups excluding carboxylic acids is 2. The number of ketones is 1. The van der Waals surface area contributed by atoms with Gasteiger partial charge in [0, 0.05) is 18.0 Å². The van der Waals surface area contributed by atoms with Gasteiger partial charge in [-0.05, 0) is 67.0 Å². The van der Waals surface area contributed by atoms with E-state index in [9.17, 15) is 9.59 Å². The Balaban J connectivity index is 1.37. The van der Waals surface area contributed by atoms with Crippen molar-refractivity contribution in [3.63, 3.8) is 0 Å². The summed E-state index contributed by atoms with van der Waals surface area (Å²) in [6, 6.07) is 13.7. The smallest absolute Gasteiger partial charge is 0.414 e. The summed E-state index contributed by atoms with van der Waals surface area (Å²) >= 11 is 5.97. The highest BCUT2D eigenvalue weighted by molar-refractivity contribution is 6.30. The SMILES string of the molecule is O=C(OC1CC1)N1CCc2cc(C3(C(=O)Cc4ccc(Cl)cc4)CCC3)ccc21. The first-order chi connectivity index (χ1) is 14.0. The molecule has 2 aliphatic carbocycles. The maximum atomic E-state index is 13.3. The van der Waals surface area contributed by atoms with Gasteiger partial charge in [-0.25, -0.2) is 4.79 Å².